The third kappa shape index (κ3) is 2.81. The maximum Gasteiger partial charge on any atom is 0.135 e. The number of rotatable bonds is 2. The van der Waals surface area contributed by atoms with Crippen molar-refractivity contribution in [2.75, 3.05) is 0 Å². The van der Waals surface area contributed by atoms with Gasteiger partial charge in [-0.25, -0.2) is 0 Å². The Morgan fingerprint density at radius 3 is 2.47 bits per heavy atom. The molecule has 2 aliphatic carbocycles. The molecule has 15 heavy (non-hydrogen) atoms. The van der Waals surface area contributed by atoms with E-state index in [2.05, 4.69) is 13.8 Å². The first kappa shape index (κ1) is 11.1. The molecule has 2 aliphatic rings. The Kier molecular flexibility index (Phi) is 3.45. The van der Waals surface area contributed by atoms with Crippen LogP contribution in [-0.4, -0.2) is 18.0 Å². The second-order valence-corrected chi connectivity index (χ2v) is 5.43. The molecule has 0 aromatic rings. The van der Waals surface area contributed by atoms with Crippen LogP contribution < -0.4 is 0 Å². The normalized spacial score (nSPS) is 42.1. The van der Waals surface area contributed by atoms with Crippen molar-refractivity contribution in [1.82, 2.24) is 0 Å². The number of hydrogen-bond donors (Lipinski definition) is 0. The van der Waals surface area contributed by atoms with E-state index >= 15 is 0 Å². The molecule has 86 valence electrons. The quantitative estimate of drug-likeness (QED) is 0.700. The summed E-state index contributed by atoms with van der Waals surface area (Å²) < 4.78 is 6.02. The molecule has 0 N–H and O–H groups in total. The van der Waals surface area contributed by atoms with Crippen LogP contribution in [0.15, 0.2) is 0 Å². The highest BCUT2D eigenvalue weighted by molar-refractivity contribution is 5.81. The van der Waals surface area contributed by atoms with Crippen molar-refractivity contribution in [3.05, 3.63) is 0 Å². The lowest BCUT2D eigenvalue weighted by Crippen LogP contribution is -2.29. The Morgan fingerprint density at radius 1 is 1.07 bits per heavy atom. The molecule has 0 radical (unpaired) electrons. The molecule has 0 aromatic carbocycles. The van der Waals surface area contributed by atoms with Crippen LogP contribution in [0.2, 0.25) is 0 Å². The summed E-state index contributed by atoms with van der Waals surface area (Å²) in [6.45, 7) is 4.65. The maximum absolute atomic E-state index is 11.1. The van der Waals surface area contributed by atoms with Crippen molar-refractivity contribution in [2.24, 2.45) is 11.8 Å². The fourth-order valence-corrected chi connectivity index (χ4v) is 2.79. The lowest BCUT2D eigenvalue weighted by atomic mass is 9.80. The van der Waals surface area contributed by atoms with Gasteiger partial charge in [0.05, 0.1) is 12.2 Å². The first-order valence-corrected chi connectivity index (χ1v) is 6.32. The second-order valence-electron chi connectivity index (χ2n) is 5.43. The van der Waals surface area contributed by atoms with Crippen LogP contribution in [-0.2, 0) is 9.53 Å². The molecule has 4 unspecified atom stereocenters. The maximum atomic E-state index is 11.1. The van der Waals surface area contributed by atoms with Crippen molar-refractivity contribution >= 4 is 5.78 Å². The van der Waals surface area contributed by atoms with Gasteiger partial charge in [-0.1, -0.05) is 13.8 Å². The Labute approximate surface area is 92.4 Å². The van der Waals surface area contributed by atoms with Crippen molar-refractivity contribution in [3.63, 3.8) is 0 Å². The van der Waals surface area contributed by atoms with Gasteiger partial charge in [-0.3, -0.25) is 4.79 Å². The molecule has 0 bridgehead atoms. The number of hydrogen-bond acceptors (Lipinski definition) is 2. The van der Waals surface area contributed by atoms with Crippen LogP contribution >= 0.6 is 0 Å². The summed E-state index contributed by atoms with van der Waals surface area (Å²) in [5.41, 5.74) is 0. The molecular weight excluding hydrogens is 188 g/mol. The van der Waals surface area contributed by atoms with E-state index < -0.39 is 0 Å². The summed E-state index contributed by atoms with van der Waals surface area (Å²) in [5.74, 6) is 2.01. The van der Waals surface area contributed by atoms with Crippen molar-refractivity contribution < 1.29 is 9.53 Å². The first-order chi connectivity index (χ1) is 7.15. The number of carbonyl (C=O) groups is 1. The third-order valence-corrected chi connectivity index (χ3v) is 4.14. The molecule has 0 spiro atoms. The first-order valence-electron chi connectivity index (χ1n) is 6.32. The van der Waals surface area contributed by atoms with Crippen molar-refractivity contribution in [2.45, 2.75) is 64.6 Å². The SMILES string of the molecule is CC1CCC(OC2CCC(=O)C2)CC1C. The predicted molar refractivity (Wildman–Crippen MR) is 59.7 cm³/mol. The Balaban J connectivity index is 1.78. The van der Waals surface area contributed by atoms with Crippen LogP contribution in [0.5, 0.6) is 0 Å². The molecule has 4 atom stereocenters. The van der Waals surface area contributed by atoms with E-state index in [1.165, 1.54) is 19.3 Å². The molecular formula is C13H22O2. The minimum Gasteiger partial charge on any atom is -0.375 e. The van der Waals surface area contributed by atoms with E-state index in [0.717, 1.165) is 24.7 Å². The number of Topliss-reactive ketones (excluding diaryl/α,β-unsaturated/α-hetero) is 1. The molecule has 0 aromatic heterocycles. The molecule has 0 aliphatic heterocycles. The van der Waals surface area contributed by atoms with Crippen LogP contribution in [0.4, 0.5) is 0 Å². The monoisotopic (exact) mass is 210 g/mol. The number of ether oxygens (including phenoxy) is 1. The summed E-state index contributed by atoms with van der Waals surface area (Å²) in [4.78, 5) is 11.1. The number of carbonyl (C=O) groups excluding carboxylic acids is 1. The van der Waals surface area contributed by atoms with E-state index in [0.29, 0.717) is 18.3 Å². The highest BCUT2D eigenvalue weighted by Crippen LogP contribution is 2.33. The fourth-order valence-electron chi connectivity index (χ4n) is 2.79. The minimum absolute atomic E-state index is 0.239. The summed E-state index contributed by atoms with van der Waals surface area (Å²) in [5, 5.41) is 0. The Bertz CT molecular complexity index is 237. The highest BCUT2D eigenvalue weighted by atomic mass is 16.5. The van der Waals surface area contributed by atoms with Crippen LogP contribution in [0.1, 0.15) is 52.4 Å². The summed E-state index contributed by atoms with van der Waals surface area (Å²) >= 11 is 0. The lowest BCUT2D eigenvalue weighted by molar-refractivity contribution is -0.118. The summed E-state index contributed by atoms with van der Waals surface area (Å²) in [6, 6.07) is 0. The molecule has 0 saturated heterocycles. The average molecular weight is 210 g/mol. The Morgan fingerprint density at radius 2 is 1.87 bits per heavy atom. The molecule has 0 amide bonds. The Hall–Kier alpha value is -0.370. The molecule has 2 saturated carbocycles. The van der Waals surface area contributed by atoms with Crippen LogP contribution in [0.3, 0.4) is 0 Å². The van der Waals surface area contributed by atoms with Crippen LogP contribution in [0.25, 0.3) is 0 Å². The van der Waals surface area contributed by atoms with E-state index in [-0.39, 0.29) is 6.10 Å². The molecule has 2 nitrogen and oxygen atoms in total. The van der Waals surface area contributed by atoms with Crippen LogP contribution in [0, 0.1) is 11.8 Å². The summed E-state index contributed by atoms with van der Waals surface area (Å²) in [6.07, 6.45) is 6.69. The van der Waals surface area contributed by atoms with Crippen molar-refractivity contribution in [1.29, 1.82) is 0 Å². The van der Waals surface area contributed by atoms with E-state index in [9.17, 15) is 4.79 Å². The zero-order chi connectivity index (χ0) is 10.8. The standard InChI is InChI=1S/C13H22O2/c1-9-3-5-12(7-10(9)2)15-13-6-4-11(14)8-13/h9-10,12-13H,3-8H2,1-2H3. The smallest absolute Gasteiger partial charge is 0.135 e. The van der Waals surface area contributed by atoms with E-state index in [4.69, 9.17) is 4.74 Å². The topological polar surface area (TPSA) is 26.3 Å². The number of ketones is 1. The van der Waals surface area contributed by atoms with Gasteiger partial charge in [0.2, 0.25) is 0 Å². The largest absolute Gasteiger partial charge is 0.375 e. The van der Waals surface area contributed by atoms with Gasteiger partial charge in [0.15, 0.2) is 0 Å². The van der Waals surface area contributed by atoms with Gasteiger partial charge >= 0.3 is 0 Å². The highest BCUT2D eigenvalue weighted by Gasteiger charge is 2.30. The molecule has 0 heterocycles. The molecule has 2 heteroatoms. The average Bonchev–Trinajstić information content (AvgIpc) is 2.58. The minimum atomic E-state index is 0.239. The summed E-state index contributed by atoms with van der Waals surface area (Å²) in [7, 11) is 0. The zero-order valence-electron chi connectivity index (χ0n) is 9.87. The van der Waals surface area contributed by atoms with Gasteiger partial charge < -0.3 is 4.74 Å². The fraction of sp³-hybridized carbons (Fsp3) is 0.923. The van der Waals surface area contributed by atoms with Gasteiger partial charge in [0.25, 0.3) is 0 Å². The van der Waals surface area contributed by atoms with Gasteiger partial charge in [-0.05, 0) is 37.5 Å². The lowest BCUT2D eigenvalue weighted by Gasteiger charge is -2.33. The third-order valence-electron chi connectivity index (χ3n) is 4.14. The van der Waals surface area contributed by atoms with Gasteiger partial charge in [0.1, 0.15) is 5.78 Å². The second kappa shape index (κ2) is 4.65. The van der Waals surface area contributed by atoms with E-state index in [1.54, 1.807) is 0 Å². The predicted octanol–water partition coefficient (Wildman–Crippen LogP) is 2.95. The van der Waals surface area contributed by atoms with E-state index in [1.807, 2.05) is 0 Å². The van der Waals surface area contributed by atoms with Gasteiger partial charge in [-0.15, -0.1) is 0 Å². The molecule has 2 rings (SSSR count). The van der Waals surface area contributed by atoms with Gasteiger partial charge in [0, 0.05) is 12.8 Å². The van der Waals surface area contributed by atoms with Crippen molar-refractivity contribution in [3.8, 4) is 0 Å². The molecule has 2 fully saturated rings. The zero-order valence-corrected chi connectivity index (χ0v) is 9.87. The van der Waals surface area contributed by atoms with Gasteiger partial charge in [-0.2, -0.15) is 0 Å².